The Morgan fingerprint density at radius 3 is 2.22 bits per heavy atom. The summed E-state index contributed by atoms with van der Waals surface area (Å²) in [5.41, 5.74) is -1.14. The van der Waals surface area contributed by atoms with Crippen molar-refractivity contribution < 1.29 is 14.7 Å². The molecule has 2 amide bonds. The normalized spacial score (nSPS) is 24.1. The van der Waals surface area contributed by atoms with Crippen LogP contribution >= 0.6 is 0 Å². The van der Waals surface area contributed by atoms with E-state index in [2.05, 4.69) is 12.2 Å². The average Bonchev–Trinajstić information content (AvgIpc) is 2.65. The van der Waals surface area contributed by atoms with Gasteiger partial charge in [-0.3, -0.25) is 0 Å². The molecule has 0 saturated carbocycles. The van der Waals surface area contributed by atoms with Gasteiger partial charge in [0.1, 0.15) is 5.54 Å². The fourth-order valence-electron chi connectivity index (χ4n) is 2.64. The fraction of sp³-hybridized carbons (Fsp3) is 0.846. The molecular weight excluding hydrogens is 232 g/mol. The highest BCUT2D eigenvalue weighted by Gasteiger charge is 2.39. The SMILES string of the molecule is CCC(CC)(NC(=O)N1CC(C)CC1C)C(=O)O. The number of hydrogen-bond donors (Lipinski definition) is 2. The zero-order valence-electron chi connectivity index (χ0n) is 11.7. The summed E-state index contributed by atoms with van der Waals surface area (Å²) >= 11 is 0. The molecular formula is C13H24N2O3. The molecule has 104 valence electrons. The number of carbonyl (C=O) groups is 2. The van der Waals surface area contributed by atoms with Crippen molar-refractivity contribution in [3.63, 3.8) is 0 Å². The molecule has 5 nitrogen and oxygen atoms in total. The van der Waals surface area contributed by atoms with Crippen molar-refractivity contribution in [3.8, 4) is 0 Å². The van der Waals surface area contributed by atoms with Crippen LogP contribution in [0.5, 0.6) is 0 Å². The fourth-order valence-corrected chi connectivity index (χ4v) is 2.64. The highest BCUT2D eigenvalue weighted by atomic mass is 16.4. The summed E-state index contributed by atoms with van der Waals surface area (Å²) in [5, 5.41) is 12.0. The summed E-state index contributed by atoms with van der Waals surface area (Å²) in [6, 6.07) is -0.0712. The topological polar surface area (TPSA) is 69.6 Å². The van der Waals surface area contributed by atoms with Crippen LogP contribution < -0.4 is 5.32 Å². The van der Waals surface area contributed by atoms with E-state index in [1.807, 2.05) is 6.92 Å². The largest absolute Gasteiger partial charge is 0.480 e. The molecule has 0 aliphatic carbocycles. The van der Waals surface area contributed by atoms with Crippen LogP contribution in [-0.4, -0.2) is 40.1 Å². The van der Waals surface area contributed by atoms with Crippen LogP contribution in [0, 0.1) is 5.92 Å². The lowest BCUT2D eigenvalue weighted by Gasteiger charge is -2.32. The Bertz CT molecular complexity index is 326. The molecule has 1 aliphatic heterocycles. The first-order valence-electron chi connectivity index (χ1n) is 6.68. The molecule has 0 radical (unpaired) electrons. The van der Waals surface area contributed by atoms with E-state index in [0.717, 1.165) is 6.42 Å². The van der Waals surface area contributed by atoms with Gasteiger partial charge in [0.25, 0.3) is 0 Å². The number of amides is 2. The first-order chi connectivity index (χ1) is 8.36. The molecule has 0 bridgehead atoms. The van der Waals surface area contributed by atoms with Crippen molar-refractivity contribution in [2.75, 3.05) is 6.54 Å². The van der Waals surface area contributed by atoms with E-state index in [-0.39, 0.29) is 12.1 Å². The zero-order chi connectivity index (χ0) is 13.9. The highest BCUT2D eigenvalue weighted by molar-refractivity contribution is 5.86. The minimum Gasteiger partial charge on any atom is -0.480 e. The van der Waals surface area contributed by atoms with Crippen LogP contribution in [0.25, 0.3) is 0 Å². The molecule has 18 heavy (non-hydrogen) atoms. The number of carboxylic acid groups (broad SMARTS) is 1. The third-order valence-electron chi connectivity index (χ3n) is 4.01. The lowest BCUT2D eigenvalue weighted by molar-refractivity contribution is -0.144. The molecule has 1 fully saturated rings. The molecule has 1 rings (SSSR count). The van der Waals surface area contributed by atoms with E-state index in [9.17, 15) is 14.7 Å². The molecule has 0 aromatic rings. The van der Waals surface area contributed by atoms with E-state index >= 15 is 0 Å². The van der Waals surface area contributed by atoms with Crippen molar-refractivity contribution in [2.45, 2.75) is 58.5 Å². The van der Waals surface area contributed by atoms with Gasteiger partial charge in [0.15, 0.2) is 0 Å². The summed E-state index contributed by atoms with van der Waals surface area (Å²) in [4.78, 5) is 25.3. The molecule has 2 N–H and O–H groups in total. The standard InChI is InChI=1S/C13H24N2O3/c1-5-13(6-2,11(16)17)14-12(18)15-8-9(3)7-10(15)4/h9-10H,5-8H2,1-4H3,(H,14,18)(H,16,17). The molecule has 2 unspecified atom stereocenters. The number of carbonyl (C=O) groups excluding carboxylic acids is 1. The lowest BCUT2D eigenvalue weighted by atomic mass is 9.93. The number of nitrogens with zero attached hydrogens (tertiary/aromatic N) is 1. The first-order valence-corrected chi connectivity index (χ1v) is 6.68. The quantitative estimate of drug-likeness (QED) is 0.809. The molecule has 0 spiro atoms. The van der Waals surface area contributed by atoms with Crippen LogP contribution in [0.2, 0.25) is 0 Å². The Morgan fingerprint density at radius 1 is 1.33 bits per heavy atom. The molecule has 1 saturated heterocycles. The van der Waals surface area contributed by atoms with Crippen LogP contribution in [0.4, 0.5) is 4.79 Å². The third kappa shape index (κ3) is 2.76. The van der Waals surface area contributed by atoms with Crippen molar-refractivity contribution in [1.29, 1.82) is 0 Å². The van der Waals surface area contributed by atoms with Crippen molar-refractivity contribution >= 4 is 12.0 Å². The number of nitrogens with one attached hydrogen (secondary N) is 1. The predicted octanol–water partition coefficient (Wildman–Crippen LogP) is 2.07. The molecule has 1 aliphatic rings. The molecule has 2 atom stereocenters. The Balaban J connectivity index is 2.76. The smallest absolute Gasteiger partial charge is 0.329 e. The van der Waals surface area contributed by atoms with Gasteiger partial charge < -0.3 is 15.3 Å². The van der Waals surface area contributed by atoms with Gasteiger partial charge in [-0.25, -0.2) is 9.59 Å². The number of aliphatic carboxylic acids is 1. The van der Waals surface area contributed by atoms with Gasteiger partial charge in [0.2, 0.25) is 0 Å². The van der Waals surface area contributed by atoms with E-state index in [4.69, 9.17) is 0 Å². The Kier molecular flexibility index (Phi) is 4.59. The van der Waals surface area contributed by atoms with Gasteiger partial charge in [-0.05, 0) is 32.1 Å². The second-order valence-corrected chi connectivity index (χ2v) is 5.37. The molecule has 1 heterocycles. The first kappa shape index (κ1) is 14.8. The van der Waals surface area contributed by atoms with Crippen LogP contribution in [0.15, 0.2) is 0 Å². The minimum absolute atomic E-state index is 0.181. The monoisotopic (exact) mass is 256 g/mol. The average molecular weight is 256 g/mol. The van der Waals surface area contributed by atoms with E-state index in [0.29, 0.717) is 25.3 Å². The maximum Gasteiger partial charge on any atom is 0.329 e. The number of rotatable bonds is 4. The Hall–Kier alpha value is -1.26. The van der Waals surface area contributed by atoms with Gasteiger partial charge in [0.05, 0.1) is 0 Å². The molecule has 5 heteroatoms. The van der Waals surface area contributed by atoms with Crippen LogP contribution in [-0.2, 0) is 4.79 Å². The van der Waals surface area contributed by atoms with Gasteiger partial charge in [-0.1, -0.05) is 20.8 Å². The van der Waals surface area contributed by atoms with Gasteiger partial charge in [0, 0.05) is 12.6 Å². The van der Waals surface area contributed by atoms with Gasteiger partial charge >= 0.3 is 12.0 Å². The molecule has 0 aromatic carbocycles. The summed E-state index contributed by atoms with van der Waals surface area (Å²) in [5.74, 6) is -0.478. The van der Waals surface area contributed by atoms with E-state index < -0.39 is 11.5 Å². The van der Waals surface area contributed by atoms with Crippen LogP contribution in [0.1, 0.15) is 47.0 Å². The maximum absolute atomic E-state index is 12.2. The number of likely N-dealkylation sites (tertiary alicyclic amines) is 1. The zero-order valence-corrected chi connectivity index (χ0v) is 11.7. The Labute approximate surface area is 109 Å². The van der Waals surface area contributed by atoms with Crippen LogP contribution in [0.3, 0.4) is 0 Å². The second-order valence-electron chi connectivity index (χ2n) is 5.37. The van der Waals surface area contributed by atoms with E-state index in [1.165, 1.54) is 0 Å². The summed E-state index contributed by atoms with van der Waals surface area (Å²) in [6.07, 6.45) is 1.76. The number of urea groups is 1. The second kappa shape index (κ2) is 5.59. The summed E-state index contributed by atoms with van der Waals surface area (Å²) in [6.45, 7) is 8.38. The predicted molar refractivity (Wildman–Crippen MR) is 69.4 cm³/mol. The van der Waals surface area contributed by atoms with Gasteiger partial charge in [-0.15, -0.1) is 0 Å². The van der Waals surface area contributed by atoms with Gasteiger partial charge in [-0.2, -0.15) is 0 Å². The summed E-state index contributed by atoms with van der Waals surface area (Å²) in [7, 11) is 0. The lowest BCUT2D eigenvalue weighted by Crippen LogP contribution is -2.57. The van der Waals surface area contributed by atoms with Crippen molar-refractivity contribution in [2.24, 2.45) is 5.92 Å². The Morgan fingerprint density at radius 2 is 1.89 bits per heavy atom. The molecule has 0 aromatic heterocycles. The van der Waals surface area contributed by atoms with Crippen molar-refractivity contribution in [3.05, 3.63) is 0 Å². The highest BCUT2D eigenvalue weighted by Crippen LogP contribution is 2.24. The number of hydrogen-bond acceptors (Lipinski definition) is 2. The minimum atomic E-state index is -1.14. The number of carboxylic acids is 1. The van der Waals surface area contributed by atoms with E-state index in [1.54, 1.807) is 18.7 Å². The third-order valence-corrected chi connectivity index (χ3v) is 4.01. The maximum atomic E-state index is 12.2. The summed E-state index contributed by atoms with van der Waals surface area (Å²) < 4.78 is 0. The van der Waals surface area contributed by atoms with Crippen molar-refractivity contribution in [1.82, 2.24) is 10.2 Å².